The van der Waals surface area contributed by atoms with Crippen LogP contribution in [0.15, 0.2) is 25.3 Å². The van der Waals surface area contributed by atoms with Crippen LogP contribution in [-0.4, -0.2) is 0 Å². The monoisotopic (exact) mass is 202 g/mol. The molecule has 0 fully saturated rings. The van der Waals surface area contributed by atoms with Gasteiger partial charge in [-0.05, 0) is 19.8 Å². The van der Waals surface area contributed by atoms with Crippen molar-refractivity contribution in [2.45, 2.75) is 62.3 Å². The first-order chi connectivity index (χ1) is 6.56. The van der Waals surface area contributed by atoms with Crippen LogP contribution in [0, 0.1) is 5.92 Å². The maximum Gasteiger partial charge on any atom is -0.0473 e. The molecule has 0 aliphatic carbocycles. The van der Waals surface area contributed by atoms with Gasteiger partial charge in [-0.25, -0.2) is 0 Å². The lowest BCUT2D eigenvalue weighted by molar-refractivity contribution is 0.737. The molecule has 0 radical (unpaired) electrons. The molecule has 0 unspecified atom stereocenters. The van der Waals surface area contributed by atoms with Crippen LogP contribution >= 0.6 is 0 Å². The third kappa shape index (κ3) is 4660. The molecule has 0 aliphatic heterocycles. The quantitative estimate of drug-likeness (QED) is 0.416. The molecule has 0 heterocycles. The van der Waals surface area contributed by atoms with Crippen molar-refractivity contribution in [3.63, 3.8) is 0 Å². The van der Waals surface area contributed by atoms with Crippen molar-refractivity contribution in [2.75, 3.05) is 0 Å². The van der Waals surface area contributed by atoms with Gasteiger partial charge in [-0.1, -0.05) is 60.6 Å². The standard InChI is InChI=1S/C4H10.2C3H6.2C2H6/c1-4(2)3;2*1-3-2;2*1-2/h4H,1-3H3;2*3H,1H2,2H3;2*1-2H3. The summed E-state index contributed by atoms with van der Waals surface area (Å²) in [6.07, 6.45) is 3.50. The van der Waals surface area contributed by atoms with E-state index in [0.29, 0.717) is 0 Å². The Kier molecular flexibility index (Phi) is 171. The highest BCUT2D eigenvalue weighted by atomic mass is 13.7. The molecule has 0 nitrogen and oxygen atoms in total. The molecule has 0 rings (SSSR count). The normalized spacial score (nSPS) is 5.29. The van der Waals surface area contributed by atoms with Gasteiger partial charge in [0.2, 0.25) is 0 Å². The first kappa shape index (κ1) is 29.2. The molecule has 0 aromatic rings. The molecule has 0 heteroatoms. The SMILES string of the molecule is C=CC.C=CC.CC.CC.CC(C)C. The minimum Gasteiger partial charge on any atom is -0.103 e. The lowest BCUT2D eigenvalue weighted by atomic mass is 10.3. The molecule has 90 valence electrons. The van der Waals surface area contributed by atoms with Gasteiger partial charge in [0.25, 0.3) is 0 Å². The minimum atomic E-state index is 0.833. The molecule has 0 bridgehead atoms. The molecule has 0 saturated carbocycles. The Morgan fingerprint density at radius 3 is 0.714 bits per heavy atom. The second-order valence-electron chi connectivity index (χ2n) is 2.55. The first-order valence-corrected chi connectivity index (χ1v) is 5.70. The van der Waals surface area contributed by atoms with E-state index in [4.69, 9.17) is 0 Å². The summed E-state index contributed by atoms with van der Waals surface area (Å²) in [6, 6.07) is 0. The topological polar surface area (TPSA) is 0 Å². The third-order valence-corrected chi connectivity index (χ3v) is 0. The van der Waals surface area contributed by atoms with Gasteiger partial charge in [-0.2, -0.15) is 0 Å². The summed E-state index contributed by atoms with van der Waals surface area (Å²) in [5.74, 6) is 0.833. The van der Waals surface area contributed by atoms with E-state index in [1.165, 1.54) is 0 Å². The van der Waals surface area contributed by atoms with Crippen LogP contribution in [0.3, 0.4) is 0 Å². The number of hydrogen-bond donors (Lipinski definition) is 0. The van der Waals surface area contributed by atoms with Crippen molar-refractivity contribution in [1.29, 1.82) is 0 Å². The average Bonchev–Trinajstić information content (AvgIpc) is 2.12. The molecule has 0 spiro atoms. The zero-order chi connectivity index (χ0) is 13.0. The van der Waals surface area contributed by atoms with E-state index < -0.39 is 0 Å². The van der Waals surface area contributed by atoms with Gasteiger partial charge in [-0.15, -0.1) is 13.2 Å². The molecule has 0 aromatic heterocycles. The highest BCUT2D eigenvalue weighted by Crippen LogP contribution is 1.81. The summed E-state index contributed by atoms with van der Waals surface area (Å²) in [7, 11) is 0. The highest BCUT2D eigenvalue weighted by Gasteiger charge is 1.68. The number of allylic oxidation sites excluding steroid dienone is 2. The van der Waals surface area contributed by atoms with E-state index in [1.54, 1.807) is 12.2 Å². The predicted molar refractivity (Wildman–Crippen MR) is 75.0 cm³/mol. The molecule has 0 saturated heterocycles. The summed E-state index contributed by atoms with van der Waals surface area (Å²) in [6.45, 7) is 25.0. The van der Waals surface area contributed by atoms with Crippen LogP contribution in [0.1, 0.15) is 62.3 Å². The predicted octanol–water partition coefficient (Wildman–Crippen LogP) is 6.10. The van der Waals surface area contributed by atoms with E-state index in [9.17, 15) is 0 Å². The van der Waals surface area contributed by atoms with Gasteiger partial charge in [0.05, 0.1) is 0 Å². The van der Waals surface area contributed by atoms with Gasteiger partial charge in [-0.3, -0.25) is 0 Å². The van der Waals surface area contributed by atoms with Crippen LogP contribution in [0.25, 0.3) is 0 Å². The molecule has 14 heavy (non-hydrogen) atoms. The van der Waals surface area contributed by atoms with Crippen molar-refractivity contribution >= 4 is 0 Å². The van der Waals surface area contributed by atoms with Crippen LogP contribution < -0.4 is 0 Å². The van der Waals surface area contributed by atoms with Crippen molar-refractivity contribution in [3.8, 4) is 0 Å². The molecule has 0 atom stereocenters. The lowest BCUT2D eigenvalue weighted by Crippen LogP contribution is -1.66. The maximum atomic E-state index is 3.36. The Bertz CT molecular complexity index is 42.3. The zero-order valence-electron chi connectivity index (χ0n) is 12.1. The Labute approximate surface area is 94.1 Å². The lowest BCUT2D eigenvalue weighted by Gasteiger charge is -1.79. The summed E-state index contributed by atoms with van der Waals surface area (Å²) in [4.78, 5) is 0. The van der Waals surface area contributed by atoms with Gasteiger partial charge in [0, 0.05) is 0 Å². The second-order valence-corrected chi connectivity index (χ2v) is 2.55. The van der Waals surface area contributed by atoms with Crippen LogP contribution in [-0.2, 0) is 0 Å². The smallest absolute Gasteiger partial charge is 0.0473 e. The molecule has 0 N–H and O–H groups in total. The molecule has 0 aliphatic rings. The first-order valence-electron chi connectivity index (χ1n) is 5.70. The molecule has 0 amide bonds. The van der Waals surface area contributed by atoms with Gasteiger partial charge in [0.1, 0.15) is 0 Å². The maximum absolute atomic E-state index is 3.36. The fourth-order valence-corrected chi connectivity index (χ4v) is 0. The third-order valence-electron chi connectivity index (χ3n) is 0. The van der Waals surface area contributed by atoms with Crippen molar-refractivity contribution in [3.05, 3.63) is 25.3 Å². The largest absolute Gasteiger partial charge is 0.103 e. The van der Waals surface area contributed by atoms with Crippen LogP contribution in [0.4, 0.5) is 0 Å². The minimum absolute atomic E-state index is 0.833. The Balaban J connectivity index is -0.0000000249. The van der Waals surface area contributed by atoms with Gasteiger partial charge >= 0.3 is 0 Å². The summed E-state index contributed by atoms with van der Waals surface area (Å²) in [5, 5.41) is 0. The fourth-order valence-electron chi connectivity index (χ4n) is 0. The fraction of sp³-hybridized carbons (Fsp3) is 0.714. The number of rotatable bonds is 0. The Hall–Kier alpha value is -0.520. The van der Waals surface area contributed by atoms with Crippen molar-refractivity contribution < 1.29 is 0 Å². The van der Waals surface area contributed by atoms with E-state index in [0.717, 1.165) is 5.92 Å². The zero-order valence-corrected chi connectivity index (χ0v) is 12.1. The second kappa shape index (κ2) is 81.9. The van der Waals surface area contributed by atoms with Gasteiger partial charge < -0.3 is 0 Å². The summed E-state index contributed by atoms with van der Waals surface area (Å²) < 4.78 is 0. The number of hydrogen-bond acceptors (Lipinski definition) is 0. The van der Waals surface area contributed by atoms with Crippen molar-refractivity contribution in [1.82, 2.24) is 0 Å². The average molecular weight is 202 g/mol. The van der Waals surface area contributed by atoms with E-state index >= 15 is 0 Å². The van der Waals surface area contributed by atoms with Crippen LogP contribution in [0.5, 0.6) is 0 Å². The highest BCUT2D eigenvalue weighted by molar-refractivity contribution is 4.51. The van der Waals surface area contributed by atoms with Crippen LogP contribution in [0.2, 0.25) is 0 Å². The van der Waals surface area contributed by atoms with E-state index in [1.807, 2.05) is 41.5 Å². The summed E-state index contributed by atoms with van der Waals surface area (Å²) in [5.41, 5.74) is 0. The molecular formula is C14H34. The van der Waals surface area contributed by atoms with Gasteiger partial charge in [0.15, 0.2) is 0 Å². The Morgan fingerprint density at radius 1 is 0.714 bits per heavy atom. The molecular weight excluding hydrogens is 168 g/mol. The van der Waals surface area contributed by atoms with E-state index in [2.05, 4.69) is 33.9 Å². The summed E-state index contributed by atoms with van der Waals surface area (Å²) >= 11 is 0. The molecule has 0 aromatic carbocycles. The Morgan fingerprint density at radius 2 is 0.714 bits per heavy atom. The van der Waals surface area contributed by atoms with E-state index in [-0.39, 0.29) is 0 Å². The van der Waals surface area contributed by atoms with Crippen molar-refractivity contribution in [2.24, 2.45) is 5.92 Å².